The molecule has 1 amide bonds. The highest BCUT2D eigenvalue weighted by atomic mass is 35.5. The fourth-order valence-electron chi connectivity index (χ4n) is 2.88. The summed E-state index contributed by atoms with van der Waals surface area (Å²) < 4.78 is 0. The van der Waals surface area contributed by atoms with Crippen LogP contribution in [0.5, 0.6) is 0 Å². The number of benzene rings is 3. The van der Waals surface area contributed by atoms with Crippen LogP contribution in [0.2, 0.25) is 5.02 Å². The van der Waals surface area contributed by atoms with Gasteiger partial charge in [-0.2, -0.15) is 0 Å². The fourth-order valence-corrected chi connectivity index (χ4v) is 4.06. The minimum atomic E-state index is -0.549. The number of hydrogen-bond acceptors (Lipinski definition) is 5. The number of carbonyl (C=O) groups is 1. The molecule has 0 spiro atoms. The van der Waals surface area contributed by atoms with E-state index in [0.29, 0.717) is 21.3 Å². The zero-order chi connectivity index (χ0) is 21.1. The van der Waals surface area contributed by atoms with Crippen LogP contribution in [0.1, 0.15) is 5.56 Å². The molecule has 6 nitrogen and oxygen atoms in total. The number of nitrogens with zero attached hydrogens (tertiary/aromatic N) is 3. The van der Waals surface area contributed by atoms with Crippen molar-refractivity contribution in [2.75, 3.05) is 4.90 Å². The van der Waals surface area contributed by atoms with E-state index in [2.05, 4.69) is 4.99 Å². The lowest BCUT2D eigenvalue weighted by Crippen LogP contribution is -2.28. The third-order valence-corrected chi connectivity index (χ3v) is 5.55. The Hall–Kier alpha value is -3.42. The van der Waals surface area contributed by atoms with Crippen LogP contribution in [0, 0.1) is 10.1 Å². The normalized spacial score (nSPS) is 16.4. The maximum atomic E-state index is 13.2. The molecule has 3 aromatic carbocycles. The number of amides is 1. The predicted molar refractivity (Wildman–Crippen MR) is 121 cm³/mol. The number of rotatable bonds is 4. The molecule has 0 atom stereocenters. The molecule has 1 aliphatic heterocycles. The van der Waals surface area contributed by atoms with Gasteiger partial charge in [0.25, 0.3) is 11.6 Å². The van der Waals surface area contributed by atoms with Gasteiger partial charge in [0, 0.05) is 6.07 Å². The number of thioether (sulfide) groups is 1. The molecule has 30 heavy (non-hydrogen) atoms. The first-order valence-corrected chi connectivity index (χ1v) is 10.1. The number of anilines is 1. The van der Waals surface area contributed by atoms with E-state index in [-0.39, 0.29) is 16.6 Å². The maximum Gasteiger partial charge on any atom is 0.288 e. The van der Waals surface area contributed by atoms with Gasteiger partial charge in [-0.3, -0.25) is 19.8 Å². The van der Waals surface area contributed by atoms with Crippen LogP contribution in [-0.4, -0.2) is 16.0 Å². The Balaban J connectivity index is 1.77. The third-order valence-electron chi connectivity index (χ3n) is 4.27. The monoisotopic (exact) mass is 435 g/mol. The average Bonchev–Trinajstić information content (AvgIpc) is 3.05. The quantitative estimate of drug-likeness (QED) is 0.283. The highest BCUT2D eigenvalue weighted by Gasteiger charge is 2.34. The number of amidine groups is 1. The molecular formula is C22H14ClN3O3S. The largest absolute Gasteiger partial charge is 0.288 e. The molecule has 0 N–H and O–H groups in total. The van der Waals surface area contributed by atoms with Crippen LogP contribution < -0.4 is 4.90 Å². The fraction of sp³-hybridized carbons (Fsp3) is 0. The van der Waals surface area contributed by atoms with Crippen molar-refractivity contribution in [2.24, 2.45) is 4.99 Å². The van der Waals surface area contributed by atoms with Crippen molar-refractivity contribution in [1.82, 2.24) is 0 Å². The molecule has 0 radical (unpaired) electrons. The molecular weight excluding hydrogens is 422 g/mol. The summed E-state index contributed by atoms with van der Waals surface area (Å²) in [7, 11) is 0. The summed E-state index contributed by atoms with van der Waals surface area (Å²) in [6.07, 6.45) is 1.61. The predicted octanol–water partition coefficient (Wildman–Crippen LogP) is 6.06. The molecule has 8 heteroatoms. The topological polar surface area (TPSA) is 75.8 Å². The molecule has 1 aliphatic rings. The van der Waals surface area contributed by atoms with E-state index in [1.165, 1.54) is 28.8 Å². The molecule has 148 valence electrons. The van der Waals surface area contributed by atoms with Gasteiger partial charge in [0.15, 0.2) is 5.17 Å². The van der Waals surface area contributed by atoms with E-state index in [4.69, 9.17) is 11.6 Å². The molecule has 1 heterocycles. The second-order valence-corrected chi connectivity index (χ2v) is 7.70. The van der Waals surface area contributed by atoms with E-state index in [9.17, 15) is 14.9 Å². The molecule has 0 unspecified atom stereocenters. The zero-order valence-electron chi connectivity index (χ0n) is 15.4. The number of aliphatic imine (C=N–C) groups is 1. The van der Waals surface area contributed by atoms with Gasteiger partial charge < -0.3 is 0 Å². The van der Waals surface area contributed by atoms with Crippen LogP contribution in [0.4, 0.5) is 17.1 Å². The zero-order valence-corrected chi connectivity index (χ0v) is 17.0. The van der Waals surface area contributed by atoms with Gasteiger partial charge in [-0.1, -0.05) is 54.1 Å². The van der Waals surface area contributed by atoms with Crippen LogP contribution in [0.15, 0.2) is 88.8 Å². The highest BCUT2D eigenvalue weighted by molar-refractivity contribution is 8.19. The van der Waals surface area contributed by atoms with Crippen molar-refractivity contribution < 1.29 is 9.72 Å². The first-order chi connectivity index (χ1) is 14.5. The number of nitro groups is 1. The van der Waals surface area contributed by atoms with Crippen molar-refractivity contribution in [2.45, 2.75) is 0 Å². The number of carbonyl (C=O) groups excluding carboxylic acids is 1. The van der Waals surface area contributed by atoms with Crippen LogP contribution in [0.3, 0.4) is 0 Å². The number of hydrogen-bond donors (Lipinski definition) is 0. The van der Waals surface area contributed by atoms with E-state index in [1.54, 1.807) is 12.1 Å². The van der Waals surface area contributed by atoms with Gasteiger partial charge in [0.1, 0.15) is 5.02 Å². The highest BCUT2D eigenvalue weighted by Crippen LogP contribution is 2.37. The van der Waals surface area contributed by atoms with Crippen LogP contribution >= 0.6 is 23.4 Å². The maximum absolute atomic E-state index is 13.2. The van der Waals surface area contributed by atoms with E-state index in [1.807, 2.05) is 60.7 Å². The number of halogens is 1. The molecule has 1 saturated heterocycles. The van der Waals surface area contributed by atoms with Crippen molar-refractivity contribution in [3.8, 4) is 0 Å². The lowest BCUT2D eigenvalue weighted by molar-refractivity contribution is -0.384. The number of para-hydroxylation sites is 2. The van der Waals surface area contributed by atoms with Crippen molar-refractivity contribution in [1.29, 1.82) is 0 Å². The summed E-state index contributed by atoms with van der Waals surface area (Å²) in [6.45, 7) is 0. The summed E-state index contributed by atoms with van der Waals surface area (Å²) in [6, 6.07) is 23.0. The van der Waals surface area contributed by atoms with Gasteiger partial charge in [-0.05, 0) is 53.7 Å². The Bertz CT molecular complexity index is 1180. The lowest BCUT2D eigenvalue weighted by Gasteiger charge is -2.15. The summed E-state index contributed by atoms with van der Waals surface area (Å²) in [5.41, 5.74) is 1.71. The Morgan fingerprint density at radius 3 is 2.33 bits per heavy atom. The second-order valence-electron chi connectivity index (χ2n) is 6.28. The molecule has 0 saturated carbocycles. The summed E-state index contributed by atoms with van der Waals surface area (Å²) >= 11 is 7.11. The summed E-state index contributed by atoms with van der Waals surface area (Å²) in [4.78, 5) is 30.4. The standard InChI is InChI=1S/C22H14ClN3O3S/c23-18-12-11-15(13-19(18)26(28)29)14-20-21(27)25(17-9-5-2-6-10-17)22(30-20)24-16-7-3-1-4-8-16/h1-14H. The summed E-state index contributed by atoms with van der Waals surface area (Å²) in [5.74, 6) is -0.251. The van der Waals surface area contributed by atoms with E-state index in [0.717, 1.165) is 5.69 Å². The SMILES string of the molecule is O=C1C(=Cc2ccc(Cl)c([N+](=O)[O-])c2)SC(=Nc2ccccc2)N1c1ccccc1. The summed E-state index contributed by atoms with van der Waals surface area (Å²) in [5, 5.41) is 11.7. The minimum absolute atomic E-state index is 0.0461. The van der Waals surface area contributed by atoms with Crippen molar-refractivity contribution in [3.05, 3.63) is 104 Å². The Morgan fingerprint density at radius 1 is 1.00 bits per heavy atom. The van der Waals surface area contributed by atoms with Crippen molar-refractivity contribution >= 4 is 57.6 Å². The molecule has 0 aromatic heterocycles. The third kappa shape index (κ3) is 4.12. The first-order valence-electron chi connectivity index (χ1n) is 8.89. The van der Waals surface area contributed by atoms with E-state index >= 15 is 0 Å². The average molecular weight is 436 g/mol. The molecule has 1 fully saturated rings. The first kappa shape index (κ1) is 19.9. The molecule has 0 aliphatic carbocycles. The molecule has 3 aromatic rings. The van der Waals surface area contributed by atoms with Gasteiger partial charge >= 0.3 is 0 Å². The Kier molecular flexibility index (Phi) is 5.65. The Morgan fingerprint density at radius 2 is 1.67 bits per heavy atom. The van der Waals surface area contributed by atoms with Gasteiger partial charge in [0.2, 0.25) is 0 Å². The van der Waals surface area contributed by atoms with E-state index < -0.39 is 4.92 Å². The molecule has 4 rings (SSSR count). The van der Waals surface area contributed by atoms with Crippen LogP contribution in [0.25, 0.3) is 6.08 Å². The minimum Gasteiger partial charge on any atom is -0.268 e. The van der Waals surface area contributed by atoms with Crippen molar-refractivity contribution in [3.63, 3.8) is 0 Å². The van der Waals surface area contributed by atoms with Gasteiger partial charge in [0.05, 0.1) is 21.2 Å². The smallest absolute Gasteiger partial charge is 0.268 e. The lowest BCUT2D eigenvalue weighted by atomic mass is 10.2. The second kappa shape index (κ2) is 8.52. The van der Waals surface area contributed by atoms with Crippen LogP contribution in [-0.2, 0) is 4.79 Å². The number of nitro benzene ring substituents is 1. The van der Waals surface area contributed by atoms with Gasteiger partial charge in [-0.25, -0.2) is 4.99 Å². The molecule has 0 bridgehead atoms. The Labute approximate surface area is 181 Å². The van der Waals surface area contributed by atoms with Gasteiger partial charge in [-0.15, -0.1) is 0 Å².